The van der Waals surface area contributed by atoms with Crippen molar-refractivity contribution in [1.82, 2.24) is 19.5 Å². The second kappa shape index (κ2) is 7.51. The number of fused-ring (bicyclic) bond motifs is 1. The molecule has 5 N–H and O–H groups in total. The zero-order valence-corrected chi connectivity index (χ0v) is 16.5. The second-order valence-electron chi connectivity index (χ2n) is 6.64. The second-order valence-corrected chi connectivity index (χ2v) is 6.99. The summed E-state index contributed by atoms with van der Waals surface area (Å²) < 4.78 is 7.14. The van der Waals surface area contributed by atoms with E-state index in [0.717, 1.165) is 22.6 Å². The Kier molecular flexibility index (Phi) is 5.44. The van der Waals surface area contributed by atoms with E-state index in [9.17, 15) is 15.3 Å². The Hall–Kier alpha value is -2.46. The lowest BCUT2D eigenvalue weighted by atomic mass is 9.96. The van der Waals surface area contributed by atoms with Crippen molar-refractivity contribution in [3.8, 4) is 5.75 Å². The summed E-state index contributed by atoms with van der Waals surface area (Å²) in [7, 11) is 1.60. The lowest BCUT2D eigenvalue weighted by molar-refractivity contribution is -0.0588. The van der Waals surface area contributed by atoms with Crippen molar-refractivity contribution in [2.24, 2.45) is 0 Å². The number of aromatic nitrogens is 4. The van der Waals surface area contributed by atoms with Gasteiger partial charge in [-0.15, -0.1) is 0 Å². The van der Waals surface area contributed by atoms with Gasteiger partial charge in [0.1, 0.15) is 22.2 Å². The van der Waals surface area contributed by atoms with Gasteiger partial charge in [-0.3, -0.25) is 4.98 Å². The number of hydrogen-bond donors (Lipinski definition) is 4. The normalized spacial score (nSPS) is 12.0. The summed E-state index contributed by atoms with van der Waals surface area (Å²) in [6.45, 7) is 2.66. The highest BCUT2D eigenvalue weighted by Crippen LogP contribution is 2.35. The van der Waals surface area contributed by atoms with Crippen LogP contribution in [-0.2, 0) is 12.1 Å². The van der Waals surface area contributed by atoms with Crippen molar-refractivity contribution >= 4 is 28.6 Å². The standard InChI is InChI=1S/C18H22ClN5O4/c1-9-4-21-12(10(2)14(9)28-3)6-24-5-11(18(27,7-25)8-26)13-15(19)22-17(20)23-16(13)24/h4-5,25-27H,6-8H2,1-3H3,(H2,20,22,23). The van der Waals surface area contributed by atoms with Crippen LogP contribution in [0, 0.1) is 13.8 Å². The number of aryl methyl sites for hydroxylation is 1. The first-order valence-electron chi connectivity index (χ1n) is 8.51. The van der Waals surface area contributed by atoms with Gasteiger partial charge in [0.25, 0.3) is 0 Å². The molecule has 0 atom stereocenters. The summed E-state index contributed by atoms with van der Waals surface area (Å²) in [5, 5.41) is 30.2. The topological polar surface area (TPSA) is 140 Å². The molecule has 0 amide bonds. The average molecular weight is 408 g/mol. The van der Waals surface area contributed by atoms with Crippen LogP contribution in [0.3, 0.4) is 0 Å². The van der Waals surface area contributed by atoms with Gasteiger partial charge in [-0.2, -0.15) is 4.98 Å². The monoisotopic (exact) mass is 407 g/mol. The maximum atomic E-state index is 10.7. The van der Waals surface area contributed by atoms with Crippen LogP contribution in [0.2, 0.25) is 5.15 Å². The minimum atomic E-state index is -1.92. The number of rotatable bonds is 6. The fourth-order valence-electron chi connectivity index (χ4n) is 3.24. The SMILES string of the molecule is COc1c(C)cnc(Cn2cc(C(O)(CO)CO)c3c(Cl)nc(N)nc32)c1C. The molecule has 0 bridgehead atoms. The number of aliphatic hydroxyl groups is 3. The highest BCUT2D eigenvalue weighted by atomic mass is 35.5. The van der Waals surface area contributed by atoms with Gasteiger partial charge < -0.3 is 30.4 Å². The van der Waals surface area contributed by atoms with Gasteiger partial charge in [0.15, 0.2) is 0 Å². The first-order chi connectivity index (χ1) is 13.3. The van der Waals surface area contributed by atoms with Crippen molar-refractivity contribution in [3.05, 3.63) is 39.9 Å². The molecular weight excluding hydrogens is 386 g/mol. The molecular formula is C18H22ClN5O4. The third kappa shape index (κ3) is 3.26. The van der Waals surface area contributed by atoms with Crippen LogP contribution in [-0.4, -0.2) is 55.2 Å². The average Bonchev–Trinajstić information content (AvgIpc) is 3.03. The van der Waals surface area contributed by atoms with E-state index in [-0.39, 0.29) is 23.2 Å². The van der Waals surface area contributed by atoms with E-state index >= 15 is 0 Å². The van der Waals surface area contributed by atoms with E-state index < -0.39 is 18.8 Å². The third-order valence-corrected chi connectivity index (χ3v) is 5.06. The molecule has 0 aliphatic rings. The molecule has 0 aliphatic heterocycles. The Bertz CT molecular complexity index is 1030. The van der Waals surface area contributed by atoms with E-state index in [4.69, 9.17) is 22.1 Å². The zero-order chi connectivity index (χ0) is 20.6. The maximum absolute atomic E-state index is 10.7. The van der Waals surface area contributed by atoms with Gasteiger partial charge in [-0.25, -0.2) is 4.98 Å². The predicted octanol–water partition coefficient (Wildman–Crippen LogP) is 0.908. The number of pyridine rings is 1. The molecule has 0 aromatic carbocycles. The predicted molar refractivity (Wildman–Crippen MR) is 104 cm³/mol. The number of halogens is 1. The van der Waals surface area contributed by atoms with Crippen LogP contribution in [0.5, 0.6) is 5.75 Å². The number of aliphatic hydroxyl groups excluding tert-OH is 2. The molecule has 150 valence electrons. The molecule has 0 radical (unpaired) electrons. The van der Waals surface area contributed by atoms with Crippen LogP contribution >= 0.6 is 11.6 Å². The summed E-state index contributed by atoms with van der Waals surface area (Å²) in [6, 6.07) is 0. The van der Waals surface area contributed by atoms with E-state index in [2.05, 4.69) is 15.0 Å². The molecule has 0 saturated heterocycles. The first kappa shape index (κ1) is 20.3. The number of ether oxygens (including phenoxy) is 1. The highest BCUT2D eigenvalue weighted by molar-refractivity contribution is 6.34. The van der Waals surface area contributed by atoms with Crippen molar-refractivity contribution in [1.29, 1.82) is 0 Å². The fourth-order valence-corrected chi connectivity index (χ4v) is 3.52. The van der Waals surface area contributed by atoms with Gasteiger partial charge in [-0.1, -0.05) is 11.6 Å². The van der Waals surface area contributed by atoms with E-state index in [1.165, 1.54) is 0 Å². The Morgan fingerprint density at radius 3 is 2.54 bits per heavy atom. The lowest BCUT2D eigenvalue weighted by Gasteiger charge is -2.22. The van der Waals surface area contributed by atoms with Gasteiger partial charge in [0, 0.05) is 29.1 Å². The Labute approximate surface area is 166 Å². The summed E-state index contributed by atoms with van der Waals surface area (Å²) in [6.07, 6.45) is 3.27. The molecule has 10 heteroatoms. The van der Waals surface area contributed by atoms with Crippen LogP contribution in [0.1, 0.15) is 22.4 Å². The summed E-state index contributed by atoms with van der Waals surface area (Å²) >= 11 is 6.25. The Balaban J connectivity index is 2.23. The molecule has 3 rings (SSSR count). The first-order valence-corrected chi connectivity index (χ1v) is 8.89. The number of nitrogens with two attached hydrogens (primary N) is 1. The molecule has 3 heterocycles. The lowest BCUT2D eigenvalue weighted by Crippen LogP contribution is -2.34. The minimum absolute atomic E-state index is 0.0164. The molecule has 0 spiro atoms. The summed E-state index contributed by atoms with van der Waals surface area (Å²) in [4.78, 5) is 12.6. The number of anilines is 1. The number of methoxy groups -OCH3 is 1. The van der Waals surface area contributed by atoms with E-state index in [0.29, 0.717) is 11.0 Å². The molecule has 9 nitrogen and oxygen atoms in total. The number of hydrogen-bond acceptors (Lipinski definition) is 8. The van der Waals surface area contributed by atoms with Gasteiger partial charge >= 0.3 is 0 Å². The van der Waals surface area contributed by atoms with Crippen LogP contribution in [0.15, 0.2) is 12.4 Å². The van der Waals surface area contributed by atoms with E-state index in [1.807, 2.05) is 13.8 Å². The highest BCUT2D eigenvalue weighted by Gasteiger charge is 2.33. The van der Waals surface area contributed by atoms with E-state index in [1.54, 1.807) is 24.1 Å². The number of nitrogen functional groups attached to an aromatic ring is 1. The minimum Gasteiger partial charge on any atom is -0.496 e. The Morgan fingerprint density at radius 1 is 1.25 bits per heavy atom. The smallest absolute Gasteiger partial charge is 0.223 e. The quantitative estimate of drug-likeness (QED) is 0.442. The van der Waals surface area contributed by atoms with Crippen LogP contribution < -0.4 is 10.5 Å². The van der Waals surface area contributed by atoms with Crippen LogP contribution in [0.4, 0.5) is 5.95 Å². The van der Waals surface area contributed by atoms with Crippen molar-refractivity contribution in [3.63, 3.8) is 0 Å². The molecule has 0 unspecified atom stereocenters. The summed E-state index contributed by atoms with van der Waals surface area (Å²) in [5.41, 5.74) is 6.88. The van der Waals surface area contributed by atoms with Gasteiger partial charge in [0.2, 0.25) is 5.95 Å². The van der Waals surface area contributed by atoms with Crippen LogP contribution in [0.25, 0.3) is 11.0 Å². The maximum Gasteiger partial charge on any atom is 0.223 e. The summed E-state index contributed by atoms with van der Waals surface area (Å²) in [5.74, 6) is 0.696. The largest absolute Gasteiger partial charge is 0.496 e. The molecule has 3 aromatic heterocycles. The molecule has 0 fully saturated rings. The van der Waals surface area contributed by atoms with Crippen molar-refractivity contribution in [2.45, 2.75) is 26.0 Å². The molecule has 28 heavy (non-hydrogen) atoms. The molecule has 0 saturated carbocycles. The van der Waals surface area contributed by atoms with Gasteiger partial charge in [-0.05, 0) is 13.8 Å². The van der Waals surface area contributed by atoms with Crippen molar-refractivity contribution < 1.29 is 20.1 Å². The fraction of sp³-hybridized carbons (Fsp3) is 0.389. The third-order valence-electron chi connectivity index (χ3n) is 4.78. The molecule has 3 aromatic rings. The Morgan fingerprint density at radius 2 is 1.93 bits per heavy atom. The van der Waals surface area contributed by atoms with Crippen molar-refractivity contribution in [2.75, 3.05) is 26.1 Å². The number of nitrogens with zero attached hydrogens (tertiary/aromatic N) is 4. The molecule has 0 aliphatic carbocycles. The zero-order valence-electron chi connectivity index (χ0n) is 15.8. The van der Waals surface area contributed by atoms with Gasteiger partial charge in [0.05, 0.1) is 37.9 Å².